The van der Waals surface area contributed by atoms with Crippen molar-refractivity contribution in [2.45, 2.75) is 32.4 Å². The van der Waals surface area contributed by atoms with Gasteiger partial charge in [-0.3, -0.25) is 4.90 Å². The number of benzene rings is 1. The minimum atomic E-state index is -1.33. The van der Waals surface area contributed by atoms with E-state index in [0.29, 0.717) is 27.7 Å². The van der Waals surface area contributed by atoms with Crippen LogP contribution < -0.4 is 4.74 Å². The Balaban J connectivity index is 1.91. The first-order valence-electron chi connectivity index (χ1n) is 8.50. The van der Waals surface area contributed by atoms with Crippen LogP contribution in [-0.2, 0) is 4.79 Å². The van der Waals surface area contributed by atoms with Gasteiger partial charge in [-0.2, -0.15) is 0 Å². The summed E-state index contributed by atoms with van der Waals surface area (Å²) in [5, 5.41) is 18.9. The van der Waals surface area contributed by atoms with Crippen molar-refractivity contribution in [3.05, 3.63) is 47.5 Å². The normalized spacial score (nSPS) is 16.2. The monoisotopic (exact) mass is 403 g/mol. The fourth-order valence-electron chi connectivity index (χ4n) is 2.88. The highest BCUT2D eigenvalue weighted by Gasteiger charge is 2.35. The third-order valence-electron chi connectivity index (χ3n) is 4.14. The molecule has 1 aliphatic heterocycles. The molecular formula is C19H18ClN3O5. The zero-order chi connectivity index (χ0) is 20.4. The van der Waals surface area contributed by atoms with Crippen LogP contribution in [0.2, 0.25) is 5.02 Å². The van der Waals surface area contributed by atoms with E-state index in [1.54, 1.807) is 18.2 Å². The third kappa shape index (κ3) is 4.07. The second kappa shape index (κ2) is 7.85. The van der Waals surface area contributed by atoms with E-state index in [9.17, 15) is 19.8 Å². The molecule has 0 fully saturated rings. The molecule has 9 heteroatoms. The number of amides is 1. The van der Waals surface area contributed by atoms with Crippen molar-refractivity contribution in [2.24, 2.45) is 0 Å². The molecule has 0 saturated carbocycles. The molecule has 0 saturated heterocycles. The minimum Gasteiger partial charge on any atom is -0.489 e. The molecular weight excluding hydrogens is 386 g/mol. The Morgan fingerprint density at radius 2 is 1.93 bits per heavy atom. The summed E-state index contributed by atoms with van der Waals surface area (Å²) in [6.07, 6.45) is 1.32. The molecule has 2 N–H and O–H groups in total. The van der Waals surface area contributed by atoms with E-state index in [1.165, 1.54) is 12.5 Å². The smallest absolute Gasteiger partial charge is 0.412 e. The number of hydrogen-bond acceptors (Lipinski definition) is 5. The number of aliphatic carboxylic acids is 1. The zero-order valence-electron chi connectivity index (χ0n) is 15.2. The van der Waals surface area contributed by atoms with Gasteiger partial charge in [0, 0.05) is 18.2 Å². The number of aromatic nitrogens is 2. The van der Waals surface area contributed by atoms with E-state index >= 15 is 0 Å². The Morgan fingerprint density at radius 3 is 2.50 bits per heavy atom. The fraction of sp³-hybridized carbons (Fsp3) is 0.263. The van der Waals surface area contributed by atoms with E-state index in [4.69, 9.17) is 16.3 Å². The molecule has 0 spiro atoms. The molecule has 1 aliphatic rings. The average Bonchev–Trinajstić information content (AvgIpc) is 3.09. The van der Waals surface area contributed by atoms with Crippen LogP contribution in [0.3, 0.4) is 0 Å². The second-order valence-electron chi connectivity index (χ2n) is 6.50. The largest absolute Gasteiger partial charge is 0.489 e. The van der Waals surface area contributed by atoms with Crippen LogP contribution in [0.25, 0.3) is 16.8 Å². The van der Waals surface area contributed by atoms with Gasteiger partial charge < -0.3 is 14.9 Å². The van der Waals surface area contributed by atoms with Gasteiger partial charge >= 0.3 is 12.1 Å². The molecule has 0 aliphatic carbocycles. The SMILES string of the molecule is CC(C)Oc1ccc(-c2cc(C3=CN(C(=O)O)C(C(=O)O)C3)ncn2)cc1Cl. The van der Waals surface area contributed by atoms with Crippen molar-refractivity contribution in [1.82, 2.24) is 14.9 Å². The van der Waals surface area contributed by atoms with Gasteiger partial charge in [0.1, 0.15) is 18.1 Å². The van der Waals surface area contributed by atoms with Gasteiger partial charge in [-0.15, -0.1) is 0 Å². The molecule has 2 heterocycles. The van der Waals surface area contributed by atoms with Crippen LogP contribution in [0.15, 0.2) is 36.8 Å². The van der Waals surface area contributed by atoms with Crippen LogP contribution >= 0.6 is 11.6 Å². The van der Waals surface area contributed by atoms with Gasteiger partial charge in [-0.05, 0) is 43.7 Å². The third-order valence-corrected chi connectivity index (χ3v) is 4.43. The maximum absolute atomic E-state index is 11.3. The summed E-state index contributed by atoms with van der Waals surface area (Å²) in [4.78, 5) is 31.8. The van der Waals surface area contributed by atoms with Gasteiger partial charge in [0.15, 0.2) is 0 Å². The Kier molecular flexibility index (Phi) is 5.51. The molecule has 3 rings (SSSR count). The van der Waals surface area contributed by atoms with Gasteiger partial charge in [0.2, 0.25) is 0 Å². The van der Waals surface area contributed by atoms with Crippen LogP contribution in [0.4, 0.5) is 4.79 Å². The van der Waals surface area contributed by atoms with E-state index < -0.39 is 18.1 Å². The Morgan fingerprint density at radius 1 is 1.21 bits per heavy atom. The highest BCUT2D eigenvalue weighted by atomic mass is 35.5. The molecule has 2 aromatic rings. The quantitative estimate of drug-likeness (QED) is 0.781. The van der Waals surface area contributed by atoms with Crippen LogP contribution in [0.5, 0.6) is 5.75 Å². The van der Waals surface area contributed by atoms with Crippen molar-refractivity contribution in [2.75, 3.05) is 0 Å². The highest BCUT2D eigenvalue weighted by Crippen LogP contribution is 2.33. The molecule has 1 atom stereocenters. The lowest BCUT2D eigenvalue weighted by molar-refractivity contribution is -0.141. The first kappa shape index (κ1) is 19.6. The van der Waals surface area contributed by atoms with Crippen LogP contribution in [0, 0.1) is 0 Å². The maximum Gasteiger partial charge on any atom is 0.412 e. The topological polar surface area (TPSA) is 113 Å². The number of ether oxygens (including phenoxy) is 1. The fourth-order valence-corrected chi connectivity index (χ4v) is 3.11. The minimum absolute atomic E-state index is 0.0114. The van der Waals surface area contributed by atoms with Crippen molar-refractivity contribution < 1.29 is 24.5 Å². The first-order chi connectivity index (χ1) is 13.3. The number of carbonyl (C=O) groups is 2. The highest BCUT2D eigenvalue weighted by molar-refractivity contribution is 6.32. The maximum atomic E-state index is 11.3. The predicted octanol–water partition coefficient (Wildman–Crippen LogP) is 3.76. The summed E-state index contributed by atoms with van der Waals surface area (Å²) in [5.41, 5.74) is 2.26. The van der Waals surface area contributed by atoms with Gasteiger partial charge in [-0.1, -0.05) is 11.6 Å². The lowest BCUT2D eigenvalue weighted by atomic mass is 10.0. The summed E-state index contributed by atoms with van der Waals surface area (Å²) >= 11 is 6.28. The summed E-state index contributed by atoms with van der Waals surface area (Å²) in [6, 6.07) is 5.78. The lowest BCUT2D eigenvalue weighted by Gasteiger charge is -2.15. The van der Waals surface area contributed by atoms with Crippen molar-refractivity contribution in [3.8, 4) is 17.0 Å². The molecule has 0 radical (unpaired) electrons. The van der Waals surface area contributed by atoms with Crippen molar-refractivity contribution in [3.63, 3.8) is 0 Å². The van der Waals surface area contributed by atoms with Crippen LogP contribution in [0.1, 0.15) is 26.0 Å². The number of rotatable bonds is 5. The summed E-state index contributed by atoms with van der Waals surface area (Å²) in [5.74, 6) is -0.648. The summed E-state index contributed by atoms with van der Waals surface area (Å²) in [7, 11) is 0. The van der Waals surface area contributed by atoms with Gasteiger partial charge in [-0.25, -0.2) is 19.6 Å². The molecule has 8 nitrogen and oxygen atoms in total. The zero-order valence-corrected chi connectivity index (χ0v) is 15.9. The molecule has 1 unspecified atom stereocenters. The molecule has 28 heavy (non-hydrogen) atoms. The Bertz CT molecular complexity index is 960. The lowest BCUT2D eigenvalue weighted by Crippen LogP contribution is -2.37. The first-order valence-corrected chi connectivity index (χ1v) is 8.88. The summed E-state index contributed by atoms with van der Waals surface area (Å²) in [6.45, 7) is 3.81. The standard InChI is InChI=1S/C19H18ClN3O5/c1-10(2)28-17-4-3-11(5-13(17)20)14-7-15(22-9-21-14)12-6-16(18(24)25)23(8-12)19(26)27/h3-5,7-10,16H,6H2,1-2H3,(H,24,25)(H,26,27). The number of nitrogens with zero attached hydrogens (tertiary/aromatic N) is 3. The van der Waals surface area contributed by atoms with E-state index in [-0.39, 0.29) is 12.5 Å². The molecule has 146 valence electrons. The van der Waals surface area contributed by atoms with Crippen LogP contribution in [-0.4, -0.2) is 49.3 Å². The van der Waals surface area contributed by atoms with E-state index in [1.807, 2.05) is 19.9 Å². The molecule has 1 amide bonds. The summed E-state index contributed by atoms with van der Waals surface area (Å²) < 4.78 is 5.62. The number of carboxylic acid groups (broad SMARTS) is 2. The average molecular weight is 404 g/mol. The molecule has 0 bridgehead atoms. The predicted molar refractivity (Wildman–Crippen MR) is 102 cm³/mol. The van der Waals surface area contributed by atoms with Gasteiger partial charge in [0.05, 0.1) is 22.5 Å². The number of hydrogen-bond donors (Lipinski definition) is 2. The van der Waals surface area contributed by atoms with E-state index in [0.717, 1.165) is 10.5 Å². The van der Waals surface area contributed by atoms with E-state index in [2.05, 4.69) is 9.97 Å². The Labute approximate surface area is 166 Å². The number of halogens is 1. The van der Waals surface area contributed by atoms with Crippen molar-refractivity contribution >= 4 is 29.2 Å². The molecule has 1 aromatic heterocycles. The second-order valence-corrected chi connectivity index (χ2v) is 6.91. The van der Waals surface area contributed by atoms with Crippen molar-refractivity contribution in [1.29, 1.82) is 0 Å². The Hall–Kier alpha value is -3.13. The molecule has 1 aromatic carbocycles. The number of carboxylic acids is 1. The van der Waals surface area contributed by atoms with Gasteiger partial charge in [0.25, 0.3) is 0 Å².